The van der Waals surface area contributed by atoms with Gasteiger partial charge in [0.15, 0.2) is 0 Å². The molecule has 0 N–H and O–H groups in total. The van der Waals surface area contributed by atoms with Crippen LogP contribution in [0.4, 0.5) is 0 Å². The zero-order chi connectivity index (χ0) is 29.9. The molecule has 6 aromatic carbocycles. The van der Waals surface area contributed by atoms with Crippen LogP contribution in [0.2, 0.25) is 0 Å². The van der Waals surface area contributed by atoms with E-state index in [1.807, 2.05) is 24.4 Å². The van der Waals surface area contributed by atoms with Crippen LogP contribution < -0.4 is 0 Å². The summed E-state index contributed by atoms with van der Waals surface area (Å²) in [6, 6.07) is 45.3. The summed E-state index contributed by atoms with van der Waals surface area (Å²) < 4.78 is 4.79. The molecule has 5 aromatic heterocycles. The molecule has 0 aliphatic carbocycles. The van der Waals surface area contributed by atoms with Crippen molar-refractivity contribution in [2.24, 2.45) is 0 Å². The first-order chi connectivity index (χ1) is 22.9. The summed E-state index contributed by atoms with van der Waals surface area (Å²) in [4.78, 5) is 15.1. The number of para-hydroxylation sites is 4. The van der Waals surface area contributed by atoms with Gasteiger partial charge in [-0.1, -0.05) is 97.1 Å². The molecule has 0 aliphatic rings. The zero-order valence-corrected chi connectivity index (χ0v) is 24.5. The summed E-state index contributed by atoms with van der Waals surface area (Å²) >= 11 is 0. The second-order valence-electron chi connectivity index (χ2n) is 12.0. The van der Waals surface area contributed by atoms with Crippen LogP contribution in [-0.2, 0) is 0 Å². The smallest absolute Gasteiger partial charge is 0.235 e. The molecule has 5 heteroatoms. The van der Waals surface area contributed by atoms with Crippen LogP contribution in [0.15, 0.2) is 140 Å². The van der Waals surface area contributed by atoms with Gasteiger partial charge < -0.3 is 4.40 Å². The molecule has 5 heterocycles. The molecule has 0 aliphatic heterocycles. The number of fused-ring (bicyclic) bond motifs is 14. The van der Waals surface area contributed by atoms with Crippen molar-refractivity contribution in [3.63, 3.8) is 0 Å². The van der Waals surface area contributed by atoms with Crippen molar-refractivity contribution in [3.8, 4) is 17.2 Å². The number of rotatable bonds is 2. The molecule has 0 atom stereocenters. The summed E-state index contributed by atoms with van der Waals surface area (Å²) in [7, 11) is 0. The fourth-order valence-electron chi connectivity index (χ4n) is 7.94. The number of nitrogens with zero attached hydrogens (tertiary/aromatic N) is 5. The molecule has 0 saturated heterocycles. The van der Waals surface area contributed by atoms with E-state index in [1.54, 1.807) is 6.20 Å². The van der Waals surface area contributed by atoms with Crippen LogP contribution >= 0.6 is 0 Å². The van der Waals surface area contributed by atoms with Gasteiger partial charge in [0.05, 0.1) is 38.8 Å². The fourth-order valence-corrected chi connectivity index (χ4v) is 7.94. The van der Waals surface area contributed by atoms with Gasteiger partial charge in [0.1, 0.15) is 0 Å². The first-order valence-electron chi connectivity index (χ1n) is 15.5. The predicted molar refractivity (Wildman–Crippen MR) is 189 cm³/mol. The summed E-state index contributed by atoms with van der Waals surface area (Å²) in [5.41, 5.74) is 8.55. The molecule has 0 saturated carbocycles. The van der Waals surface area contributed by atoms with Gasteiger partial charge in [-0.3, -0.25) is 9.55 Å². The largest absolute Gasteiger partial charge is 0.306 e. The van der Waals surface area contributed by atoms with Crippen molar-refractivity contribution in [1.82, 2.24) is 23.9 Å². The fraction of sp³-hybridized carbons (Fsp3) is 0. The molecule has 0 unspecified atom stereocenters. The number of hydrogen-bond donors (Lipinski definition) is 0. The monoisotopic (exact) mass is 585 g/mol. The van der Waals surface area contributed by atoms with Crippen molar-refractivity contribution in [3.05, 3.63) is 140 Å². The minimum Gasteiger partial charge on any atom is -0.306 e. The minimum absolute atomic E-state index is 0.643. The summed E-state index contributed by atoms with van der Waals surface area (Å²) in [5.74, 6) is 0.643. The lowest BCUT2D eigenvalue weighted by atomic mass is 9.98. The molecule has 212 valence electrons. The first-order valence-corrected chi connectivity index (χ1v) is 15.5. The Hall–Kier alpha value is -6.33. The van der Waals surface area contributed by atoms with Crippen LogP contribution in [-0.4, -0.2) is 23.9 Å². The van der Waals surface area contributed by atoms with E-state index >= 15 is 0 Å². The first kappa shape index (κ1) is 24.0. The Morgan fingerprint density at radius 1 is 0.435 bits per heavy atom. The van der Waals surface area contributed by atoms with Gasteiger partial charge in [-0.15, -0.1) is 0 Å². The maximum Gasteiger partial charge on any atom is 0.235 e. The van der Waals surface area contributed by atoms with Gasteiger partial charge in [-0.25, -0.2) is 9.97 Å². The molecule has 5 nitrogen and oxygen atoms in total. The molecule has 46 heavy (non-hydrogen) atoms. The lowest BCUT2D eigenvalue weighted by Crippen LogP contribution is -2.04. The van der Waals surface area contributed by atoms with Crippen LogP contribution in [0, 0.1) is 0 Å². The highest BCUT2D eigenvalue weighted by molar-refractivity contribution is 6.38. The molecule has 0 spiro atoms. The van der Waals surface area contributed by atoms with Gasteiger partial charge in [-0.2, -0.15) is 0 Å². The van der Waals surface area contributed by atoms with E-state index in [0.717, 1.165) is 33.2 Å². The van der Waals surface area contributed by atoms with Crippen LogP contribution in [0.25, 0.3) is 98.8 Å². The van der Waals surface area contributed by atoms with E-state index in [1.165, 1.54) is 59.6 Å². The van der Waals surface area contributed by atoms with Gasteiger partial charge in [0.25, 0.3) is 0 Å². The van der Waals surface area contributed by atoms with Crippen molar-refractivity contribution in [1.29, 1.82) is 0 Å². The van der Waals surface area contributed by atoms with Gasteiger partial charge in [-0.05, 0) is 41.1 Å². The Balaban J connectivity index is 1.45. The number of benzene rings is 6. The maximum atomic E-state index is 5.37. The molecular weight excluding hydrogens is 562 g/mol. The van der Waals surface area contributed by atoms with Crippen molar-refractivity contribution < 1.29 is 0 Å². The Morgan fingerprint density at radius 2 is 1.09 bits per heavy atom. The van der Waals surface area contributed by atoms with Crippen LogP contribution in [0.1, 0.15) is 0 Å². The Morgan fingerprint density at radius 3 is 1.89 bits per heavy atom. The average Bonchev–Trinajstić information content (AvgIpc) is 3.77. The highest BCUT2D eigenvalue weighted by Gasteiger charge is 2.26. The quantitative estimate of drug-likeness (QED) is 0.203. The predicted octanol–water partition coefficient (Wildman–Crippen LogP) is 10.1. The SMILES string of the molecule is c1cncc(-c2nc(-n3c4ccccc4c4c5ccccc5c5c6cccc7c8ccccc8n(c76)c5c43)nc3ccccc23)c1. The summed E-state index contributed by atoms with van der Waals surface area (Å²) in [5, 5.41) is 10.9. The summed E-state index contributed by atoms with van der Waals surface area (Å²) in [6.07, 6.45) is 3.68. The number of pyridine rings is 1. The van der Waals surface area contributed by atoms with E-state index in [9.17, 15) is 0 Å². The zero-order valence-electron chi connectivity index (χ0n) is 24.5. The minimum atomic E-state index is 0.643. The maximum absolute atomic E-state index is 5.37. The number of aromatic nitrogens is 5. The highest BCUT2D eigenvalue weighted by atomic mass is 15.2. The van der Waals surface area contributed by atoms with Crippen molar-refractivity contribution >= 4 is 81.6 Å². The van der Waals surface area contributed by atoms with Crippen LogP contribution in [0.5, 0.6) is 0 Å². The molecule has 11 rings (SSSR count). The van der Waals surface area contributed by atoms with Gasteiger partial charge in [0, 0.05) is 55.7 Å². The molecule has 0 bridgehead atoms. The molecule has 0 radical (unpaired) electrons. The summed E-state index contributed by atoms with van der Waals surface area (Å²) in [6.45, 7) is 0. The third-order valence-corrected chi connectivity index (χ3v) is 9.72. The van der Waals surface area contributed by atoms with Crippen molar-refractivity contribution in [2.45, 2.75) is 0 Å². The second kappa shape index (κ2) is 8.65. The molecule has 0 fully saturated rings. The Labute approximate surface area is 261 Å². The van der Waals surface area contributed by atoms with E-state index in [4.69, 9.17) is 9.97 Å². The third kappa shape index (κ3) is 2.92. The van der Waals surface area contributed by atoms with E-state index in [-0.39, 0.29) is 0 Å². The van der Waals surface area contributed by atoms with Gasteiger partial charge >= 0.3 is 0 Å². The third-order valence-electron chi connectivity index (χ3n) is 9.72. The molecular formula is C41H23N5. The molecule has 0 amide bonds. The van der Waals surface area contributed by atoms with E-state index in [0.29, 0.717) is 5.95 Å². The topological polar surface area (TPSA) is 48.0 Å². The number of hydrogen-bond acceptors (Lipinski definition) is 3. The standard InChI is InChI=1S/C41H23N5/c1-2-14-27-26(13-1)35-30-16-5-8-21-34(30)46(41-43-32-19-6-3-15-29(32)37(44-41)24-11-10-22-42-23-24)40(35)39-36(27)31-18-9-17-28-25-12-4-7-20-33(25)45(39)38(28)31/h1-23H. The van der Waals surface area contributed by atoms with Crippen LogP contribution in [0.3, 0.4) is 0 Å². The normalized spacial score (nSPS) is 12.3. The van der Waals surface area contributed by atoms with Crippen molar-refractivity contribution in [2.75, 3.05) is 0 Å². The Bertz CT molecular complexity index is 3020. The Kier molecular flexibility index (Phi) is 4.52. The van der Waals surface area contributed by atoms with E-state index in [2.05, 4.69) is 123 Å². The lowest BCUT2D eigenvalue weighted by molar-refractivity contribution is 1.01. The molecule has 11 aromatic rings. The second-order valence-corrected chi connectivity index (χ2v) is 12.0. The van der Waals surface area contributed by atoms with Gasteiger partial charge in [0.2, 0.25) is 5.95 Å². The lowest BCUT2D eigenvalue weighted by Gasteiger charge is -2.13. The van der Waals surface area contributed by atoms with E-state index < -0.39 is 0 Å². The average molecular weight is 586 g/mol. The highest BCUT2D eigenvalue weighted by Crippen LogP contribution is 2.48.